The lowest BCUT2D eigenvalue weighted by Gasteiger charge is -2.22. The van der Waals surface area contributed by atoms with E-state index in [0.29, 0.717) is 18.9 Å². The van der Waals surface area contributed by atoms with Gasteiger partial charge in [-0.15, -0.1) is 11.3 Å². The molecule has 1 unspecified atom stereocenters. The second-order valence-corrected chi connectivity index (χ2v) is 7.72. The summed E-state index contributed by atoms with van der Waals surface area (Å²) in [6.45, 7) is 4.90. The molecule has 1 saturated heterocycles. The number of carbonyl (C=O) groups is 2. The maximum absolute atomic E-state index is 12.9. The third-order valence-electron chi connectivity index (χ3n) is 4.88. The second kappa shape index (κ2) is 6.61. The number of hydrogen-bond acceptors (Lipinski definition) is 5. The molecule has 0 spiro atoms. The van der Waals surface area contributed by atoms with E-state index in [0.717, 1.165) is 30.8 Å². The molecular formula is C17H24N2O3S. The van der Waals surface area contributed by atoms with Gasteiger partial charge < -0.3 is 14.5 Å². The summed E-state index contributed by atoms with van der Waals surface area (Å²) in [4.78, 5) is 30.9. The minimum absolute atomic E-state index is 0.0171. The number of nitrogens with zero attached hydrogens (tertiary/aromatic N) is 2. The summed E-state index contributed by atoms with van der Waals surface area (Å²) in [6, 6.07) is 1.64. The van der Waals surface area contributed by atoms with Gasteiger partial charge in [0, 0.05) is 24.5 Å². The summed E-state index contributed by atoms with van der Waals surface area (Å²) >= 11 is 1.60. The van der Waals surface area contributed by atoms with Crippen LogP contribution < -0.4 is 0 Å². The minimum Gasteiger partial charge on any atom is -0.467 e. The maximum Gasteiger partial charge on any atom is 0.328 e. The molecule has 0 aromatic carbocycles. The molecule has 2 aliphatic heterocycles. The summed E-state index contributed by atoms with van der Waals surface area (Å²) < 4.78 is 4.84. The molecule has 2 atom stereocenters. The topological polar surface area (TPSA) is 49.9 Å². The van der Waals surface area contributed by atoms with Crippen LogP contribution in [-0.4, -0.2) is 61.5 Å². The molecule has 0 bridgehead atoms. The van der Waals surface area contributed by atoms with Gasteiger partial charge in [-0.3, -0.25) is 4.79 Å². The largest absolute Gasteiger partial charge is 0.467 e. The van der Waals surface area contributed by atoms with E-state index >= 15 is 0 Å². The molecule has 1 amide bonds. The zero-order valence-corrected chi connectivity index (χ0v) is 14.8. The molecule has 3 rings (SSSR count). The Morgan fingerprint density at radius 2 is 2.13 bits per heavy atom. The molecule has 0 radical (unpaired) electrons. The molecule has 126 valence electrons. The molecule has 0 N–H and O–H groups in total. The van der Waals surface area contributed by atoms with Gasteiger partial charge in [-0.05, 0) is 43.9 Å². The smallest absolute Gasteiger partial charge is 0.328 e. The third kappa shape index (κ3) is 3.15. The van der Waals surface area contributed by atoms with Crippen LogP contribution in [0.25, 0.3) is 0 Å². The van der Waals surface area contributed by atoms with Gasteiger partial charge in [0.15, 0.2) is 0 Å². The highest BCUT2D eigenvalue weighted by atomic mass is 32.1. The van der Waals surface area contributed by atoms with E-state index in [1.807, 2.05) is 0 Å². The number of thiophene rings is 1. The number of amides is 1. The van der Waals surface area contributed by atoms with Crippen LogP contribution in [0, 0.1) is 0 Å². The quantitative estimate of drug-likeness (QED) is 0.776. The number of ether oxygens (including phenoxy) is 1. The van der Waals surface area contributed by atoms with Gasteiger partial charge in [-0.1, -0.05) is 6.92 Å². The molecule has 23 heavy (non-hydrogen) atoms. The van der Waals surface area contributed by atoms with Crippen molar-refractivity contribution in [2.75, 3.05) is 33.8 Å². The SMILES string of the molecule is COC(=O)[C@@H]1CCCN1C(=O)c1cc2c(s1)CCN(C)CC2C. The summed E-state index contributed by atoms with van der Waals surface area (Å²) in [5, 5.41) is 0. The van der Waals surface area contributed by atoms with Crippen molar-refractivity contribution in [2.45, 2.75) is 38.1 Å². The molecule has 6 heteroatoms. The average Bonchev–Trinajstić information content (AvgIpc) is 3.15. The number of fused-ring (bicyclic) bond motifs is 1. The van der Waals surface area contributed by atoms with E-state index in [-0.39, 0.29) is 11.9 Å². The number of methoxy groups -OCH3 is 1. The first-order valence-corrected chi connectivity index (χ1v) is 9.03. The highest BCUT2D eigenvalue weighted by Gasteiger charge is 2.36. The van der Waals surface area contributed by atoms with Crippen molar-refractivity contribution in [3.8, 4) is 0 Å². The molecule has 1 aromatic rings. The monoisotopic (exact) mass is 336 g/mol. The number of hydrogen-bond donors (Lipinski definition) is 0. The number of rotatable bonds is 2. The summed E-state index contributed by atoms with van der Waals surface area (Å²) in [5.74, 6) is 0.116. The Labute approximate surface area is 141 Å². The number of esters is 1. The van der Waals surface area contributed by atoms with Crippen LogP contribution in [-0.2, 0) is 16.0 Å². The summed E-state index contributed by atoms with van der Waals surface area (Å²) in [5.41, 5.74) is 1.30. The molecule has 2 aliphatic rings. The lowest BCUT2D eigenvalue weighted by Crippen LogP contribution is -2.40. The Morgan fingerprint density at radius 1 is 1.35 bits per heavy atom. The van der Waals surface area contributed by atoms with Crippen molar-refractivity contribution < 1.29 is 14.3 Å². The minimum atomic E-state index is -0.419. The van der Waals surface area contributed by atoms with Crippen molar-refractivity contribution >= 4 is 23.2 Å². The van der Waals surface area contributed by atoms with E-state index in [1.54, 1.807) is 16.2 Å². The van der Waals surface area contributed by atoms with Crippen molar-refractivity contribution in [3.63, 3.8) is 0 Å². The van der Waals surface area contributed by atoms with Crippen LogP contribution >= 0.6 is 11.3 Å². The van der Waals surface area contributed by atoms with Crippen molar-refractivity contribution in [2.24, 2.45) is 0 Å². The van der Waals surface area contributed by atoms with Gasteiger partial charge in [0.1, 0.15) is 6.04 Å². The molecule has 0 aliphatic carbocycles. The Hall–Kier alpha value is -1.40. The highest BCUT2D eigenvalue weighted by molar-refractivity contribution is 7.14. The van der Waals surface area contributed by atoms with Gasteiger partial charge >= 0.3 is 5.97 Å². The first-order valence-electron chi connectivity index (χ1n) is 8.21. The lowest BCUT2D eigenvalue weighted by molar-refractivity contribution is -0.145. The number of carbonyl (C=O) groups excluding carboxylic acids is 2. The molecule has 1 aromatic heterocycles. The number of likely N-dealkylation sites (N-methyl/N-ethyl adjacent to an activating group) is 1. The fourth-order valence-electron chi connectivity index (χ4n) is 3.64. The van der Waals surface area contributed by atoms with E-state index < -0.39 is 6.04 Å². The summed E-state index contributed by atoms with van der Waals surface area (Å²) in [7, 11) is 3.53. The molecule has 0 saturated carbocycles. The van der Waals surface area contributed by atoms with Crippen LogP contribution in [0.4, 0.5) is 0 Å². The van der Waals surface area contributed by atoms with E-state index in [4.69, 9.17) is 4.74 Å². The predicted octanol–water partition coefficient (Wildman–Crippen LogP) is 2.12. The van der Waals surface area contributed by atoms with Gasteiger partial charge in [0.2, 0.25) is 0 Å². The number of likely N-dealkylation sites (tertiary alicyclic amines) is 1. The Balaban J connectivity index is 1.83. The standard InChI is InChI=1S/C17H24N2O3S/c1-11-10-18(2)8-6-14-12(11)9-15(23-14)16(20)19-7-4-5-13(19)17(21)22-3/h9,11,13H,4-8,10H2,1-3H3/t11?,13-/m0/s1. The van der Waals surface area contributed by atoms with Crippen molar-refractivity contribution in [1.82, 2.24) is 9.80 Å². The normalized spacial score (nSPS) is 25.1. The van der Waals surface area contributed by atoms with Crippen LogP contribution in [0.5, 0.6) is 0 Å². The molecule has 3 heterocycles. The van der Waals surface area contributed by atoms with E-state index in [2.05, 4.69) is 24.9 Å². The lowest BCUT2D eigenvalue weighted by atomic mass is 10.0. The second-order valence-electron chi connectivity index (χ2n) is 6.58. The van der Waals surface area contributed by atoms with E-state index in [1.165, 1.54) is 17.6 Å². The van der Waals surface area contributed by atoms with Crippen molar-refractivity contribution in [1.29, 1.82) is 0 Å². The zero-order chi connectivity index (χ0) is 16.6. The first kappa shape index (κ1) is 16.5. The highest BCUT2D eigenvalue weighted by Crippen LogP contribution is 2.33. The van der Waals surface area contributed by atoms with Gasteiger partial charge in [0.25, 0.3) is 5.91 Å². The fraction of sp³-hybridized carbons (Fsp3) is 0.647. The van der Waals surface area contributed by atoms with Gasteiger partial charge in [-0.25, -0.2) is 4.79 Å². The summed E-state index contributed by atoms with van der Waals surface area (Å²) in [6.07, 6.45) is 2.55. The molecular weight excluding hydrogens is 312 g/mol. The predicted molar refractivity (Wildman–Crippen MR) is 90.0 cm³/mol. The maximum atomic E-state index is 12.9. The Bertz CT molecular complexity index is 613. The first-order chi connectivity index (χ1) is 11.0. The third-order valence-corrected chi connectivity index (χ3v) is 6.08. The van der Waals surface area contributed by atoms with Crippen LogP contribution in [0.3, 0.4) is 0 Å². The van der Waals surface area contributed by atoms with Crippen LogP contribution in [0.15, 0.2) is 6.07 Å². The van der Waals surface area contributed by atoms with Crippen LogP contribution in [0.2, 0.25) is 0 Å². The Morgan fingerprint density at radius 3 is 2.87 bits per heavy atom. The van der Waals surface area contributed by atoms with Crippen molar-refractivity contribution in [3.05, 3.63) is 21.4 Å². The fourth-order valence-corrected chi connectivity index (χ4v) is 4.87. The van der Waals surface area contributed by atoms with Crippen LogP contribution in [0.1, 0.15) is 45.8 Å². The van der Waals surface area contributed by atoms with E-state index in [9.17, 15) is 9.59 Å². The van der Waals surface area contributed by atoms with Gasteiger partial charge in [-0.2, -0.15) is 0 Å². The van der Waals surface area contributed by atoms with Gasteiger partial charge in [0.05, 0.1) is 12.0 Å². The molecule has 5 nitrogen and oxygen atoms in total. The molecule has 1 fully saturated rings. The average molecular weight is 336 g/mol. The zero-order valence-electron chi connectivity index (χ0n) is 14.0. The Kier molecular flexibility index (Phi) is 4.73.